The second-order valence-electron chi connectivity index (χ2n) is 8.84. The molecule has 0 spiro atoms. The summed E-state index contributed by atoms with van der Waals surface area (Å²) in [5.41, 5.74) is 0.725. The third-order valence-electron chi connectivity index (χ3n) is 7.26. The first kappa shape index (κ1) is 18.6. The van der Waals surface area contributed by atoms with Gasteiger partial charge < -0.3 is 19.5 Å². The second-order valence-corrected chi connectivity index (χ2v) is 8.84. The van der Waals surface area contributed by atoms with Crippen molar-refractivity contribution in [3.05, 3.63) is 29.8 Å². The number of benzene rings is 1. The fraction of sp³-hybridized carbons (Fsp3) is 0.682. The number of carbonyl (C=O) groups excluding carboxylic acids is 1. The molecule has 5 nitrogen and oxygen atoms in total. The van der Waals surface area contributed by atoms with Crippen LogP contribution in [0.15, 0.2) is 24.3 Å². The number of fused-ring (bicyclic) bond motifs is 3. The molecule has 4 rings (SSSR count). The van der Waals surface area contributed by atoms with Gasteiger partial charge in [-0.25, -0.2) is 4.79 Å². The smallest absolute Gasteiger partial charge is 0.407 e. The number of ether oxygens (including phenoxy) is 3. The van der Waals surface area contributed by atoms with Crippen molar-refractivity contribution in [3.63, 3.8) is 0 Å². The molecule has 0 aromatic heterocycles. The zero-order valence-corrected chi connectivity index (χ0v) is 16.8. The highest BCUT2D eigenvalue weighted by molar-refractivity contribution is 5.67. The Hall–Kier alpha value is -1.75. The number of rotatable bonds is 4. The van der Waals surface area contributed by atoms with Gasteiger partial charge in [0.05, 0.1) is 12.7 Å². The summed E-state index contributed by atoms with van der Waals surface area (Å²) in [5.74, 6) is 1.86. The van der Waals surface area contributed by atoms with Crippen molar-refractivity contribution >= 4 is 6.09 Å². The Kier molecular flexibility index (Phi) is 4.61. The van der Waals surface area contributed by atoms with Gasteiger partial charge in [0.2, 0.25) is 0 Å². The molecule has 1 saturated heterocycles. The van der Waals surface area contributed by atoms with E-state index in [9.17, 15) is 4.79 Å². The fourth-order valence-corrected chi connectivity index (χ4v) is 5.73. The summed E-state index contributed by atoms with van der Waals surface area (Å²) in [7, 11) is 0. The van der Waals surface area contributed by atoms with Gasteiger partial charge in [0.15, 0.2) is 0 Å². The minimum Gasteiger partial charge on any atom is -0.487 e. The van der Waals surface area contributed by atoms with E-state index in [1.807, 2.05) is 25.1 Å². The van der Waals surface area contributed by atoms with E-state index >= 15 is 0 Å². The molecule has 2 heterocycles. The van der Waals surface area contributed by atoms with Crippen LogP contribution in [0, 0.1) is 23.2 Å². The second kappa shape index (κ2) is 6.69. The minimum atomic E-state index is -0.327. The summed E-state index contributed by atoms with van der Waals surface area (Å²) in [6, 6.07) is 8.24. The summed E-state index contributed by atoms with van der Waals surface area (Å²) < 4.78 is 18.7. The van der Waals surface area contributed by atoms with E-state index in [4.69, 9.17) is 14.2 Å². The third-order valence-corrected chi connectivity index (χ3v) is 7.26. The van der Waals surface area contributed by atoms with E-state index in [-0.39, 0.29) is 29.1 Å². The molecule has 1 aromatic rings. The molecule has 0 unspecified atom stereocenters. The van der Waals surface area contributed by atoms with Crippen molar-refractivity contribution in [1.82, 2.24) is 5.32 Å². The minimum absolute atomic E-state index is 0.0458. The van der Waals surface area contributed by atoms with Crippen molar-refractivity contribution in [3.8, 4) is 5.75 Å². The SMILES string of the molecule is CCCNC(=O)OC[C@]12CO[C@@H]3c4ccccc4O[C@](C)(C[C@H]1C)[C@@H]3[C@@H]2C. The van der Waals surface area contributed by atoms with Crippen molar-refractivity contribution in [2.45, 2.75) is 52.2 Å². The zero-order valence-electron chi connectivity index (χ0n) is 16.8. The first-order valence-electron chi connectivity index (χ1n) is 10.2. The predicted octanol–water partition coefficient (Wildman–Crippen LogP) is 4.32. The molecular weight excluding hydrogens is 342 g/mol. The van der Waals surface area contributed by atoms with Crippen LogP contribution < -0.4 is 10.1 Å². The van der Waals surface area contributed by atoms with E-state index in [1.54, 1.807) is 0 Å². The number of nitrogens with one attached hydrogen (secondary N) is 1. The molecule has 2 fully saturated rings. The molecular formula is C22H31NO4. The molecule has 2 bridgehead atoms. The summed E-state index contributed by atoms with van der Waals surface area (Å²) >= 11 is 0. The lowest BCUT2D eigenvalue weighted by Gasteiger charge is -2.63. The molecule has 1 aliphatic carbocycles. The maximum atomic E-state index is 12.0. The average molecular weight is 373 g/mol. The van der Waals surface area contributed by atoms with Crippen molar-refractivity contribution < 1.29 is 19.0 Å². The van der Waals surface area contributed by atoms with Gasteiger partial charge in [0, 0.05) is 23.4 Å². The average Bonchev–Trinajstić information content (AvgIpc) is 2.64. The number of para-hydroxylation sites is 1. The molecule has 3 aliphatic rings. The fourth-order valence-electron chi connectivity index (χ4n) is 5.73. The van der Waals surface area contributed by atoms with Crippen LogP contribution in [0.5, 0.6) is 5.75 Å². The summed E-state index contributed by atoms with van der Waals surface area (Å²) in [6.07, 6.45) is 1.56. The van der Waals surface area contributed by atoms with E-state index in [1.165, 1.54) is 0 Å². The van der Waals surface area contributed by atoms with Crippen LogP contribution in [0.2, 0.25) is 0 Å². The van der Waals surface area contributed by atoms with Crippen molar-refractivity contribution in [1.29, 1.82) is 0 Å². The zero-order chi connectivity index (χ0) is 19.2. The maximum absolute atomic E-state index is 12.0. The molecule has 27 heavy (non-hydrogen) atoms. The van der Waals surface area contributed by atoms with E-state index in [0.717, 1.165) is 24.2 Å². The van der Waals surface area contributed by atoms with Gasteiger partial charge in [-0.05, 0) is 37.7 Å². The van der Waals surface area contributed by atoms with Crippen LogP contribution in [-0.2, 0) is 9.47 Å². The first-order valence-corrected chi connectivity index (χ1v) is 10.2. The molecule has 1 amide bonds. The van der Waals surface area contributed by atoms with Crippen LogP contribution in [0.3, 0.4) is 0 Å². The highest BCUT2D eigenvalue weighted by Gasteiger charge is 2.64. The van der Waals surface area contributed by atoms with Gasteiger partial charge in [0.1, 0.15) is 18.0 Å². The highest BCUT2D eigenvalue weighted by Crippen LogP contribution is 2.63. The van der Waals surface area contributed by atoms with Crippen LogP contribution in [-0.4, -0.2) is 31.5 Å². The lowest BCUT2D eigenvalue weighted by Crippen LogP contribution is -2.66. The Morgan fingerprint density at radius 2 is 2.11 bits per heavy atom. The first-order chi connectivity index (χ1) is 12.9. The lowest BCUT2D eigenvalue weighted by atomic mass is 9.50. The van der Waals surface area contributed by atoms with Crippen molar-refractivity contribution in [2.75, 3.05) is 19.8 Å². The van der Waals surface area contributed by atoms with E-state index in [0.29, 0.717) is 31.6 Å². The number of amides is 1. The molecule has 0 radical (unpaired) electrons. The van der Waals surface area contributed by atoms with Gasteiger partial charge in [-0.2, -0.15) is 0 Å². The Morgan fingerprint density at radius 3 is 2.89 bits per heavy atom. The molecule has 1 aromatic carbocycles. The summed E-state index contributed by atoms with van der Waals surface area (Å²) in [4.78, 5) is 12.0. The topological polar surface area (TPSA) is 56.8 Å². The van der Waals surface area contributed by atoms with Crippen LogP contribution in [0.1, 0.15) is 52.2 Å². The number of hydrogen-bond acceptors (Lipinski definition) is 4. The molecule has 1 saturated carbocycles. The Bertz CT molecular complexity index is 722. The highest BCUT2D eigenvalue weighted by atomic mass is 16.6. The van der Waals surface area contributed by atoms with Crippen LogP contribution in [0.25, 0.3) is 0 Å². The molecule has 6 atom stereocenters. The quantitative estimate of drug-likeness (QED) is 0.854. The normalized spacial score (nSPS) is 39.1. The van der Waals surface area contributed by atoms with Gasteiger partial charge in [-0.15, -0.1) is 0 Å². The summed E-state index contributed by atoms with van der Waals surface area (Å²) in [5, 5.41) is 2.81. The third kappa shape index (κ3) is 2.82. The Labute approximate surface area is 161 Å². The number of carbonyl (C=O) groups is 1. The van der Waals surface area contributed by atoms with E-state index < -0.39 is 0 Å². The van der Waals surface area contributed by atoms with E-state index in [2.05, 4.69) is 32.2 Å². The Morgan fingerprint density at radius 1 is 1.33 bits per heavy atom. The standard InChI is InChI=1S/C22H31NO4/c1-5-10-23-20(24)26-13-22-12-25-19-16-8-6-7-9-17(16)27-21(4,11-14(22)2)18(19)15(22)3/h6-9,14-15,18-19H,5,10-13H2,1-4H3,(H,23,24)/t14-,15+,18-,19-,21-,22-/m1/s1. The molecule has 148 valence electrons. The molecule has 1 N–H and O–H groups in total. The largest absolute Gasteiger partial charge is 0.487 e. The monoisotopic (exact) mass is 373 g/mol. The summed E-state index contributed by atoms with van der Waals surface area (Å²) in [6.45, 7) is 10.4. The maximum Gasteiger partial charge on any atom is 0.407 e. The Balaban J connectivity index is 1.61. The predicted molar refractivity (Wildman–Crippen MR) is 103 cm³/mol. The van der Waals surface area contributed by atoms with Gasteiger partial charge in [-0.3, -0.25) is 0 Å². The van der Waals surface area contributed by atoms with Crippen LogP contribution >= 0.6 is 0 Å². The van der Waals surface area contributed by atoms with Gasteiger partial charge >= 0.3 is 6.09 Å². The van der Waals surface area contributed by atoms with Crippen molar-refractivity contribution in [2.24, 2.45) is 23.2 Å². The number of hydrogen-bond donors (Lipinski definition) is 1. The van der Waals surface area contributed by atoms with Gasteiger partial charge in [0.25, 0.3) is 0 Å². The number of alkyl carbamates (subject to hydrolysis) is 1. The van der Waals surface area contributed by atoms with Crippen LogP contribution in [0.4, 0.5) is 4.79 Å². The molecule has 5 heteroatoms. The van der Waals surface area contributed by atoms with Gasteiger partial charge in [-0.1, -0.05) is 39.0 Å². The lowest BCUT2D eigenvalue weighted by molar-refractivity contribution is -0.259. The molecule has 2 aliphatic heterocycles.